The minimum atomic E-state index is -1.49. The van der Waals surface area contributed by atoms with Gasteiger partial charge in [-0.1, -0.05) is 18.2 Å². The summed E-state index contributed by atoms with van der Waals surface area (Å²) in [6.45, 7) is 0. The number of halogens is 1. The zero-order valence-corrected chi connectivity index (χ0v) is 6.45. The van der Waals surface area contributed by atoms with Gasteiger partial charge in [0.15, 0.2) is 5.57 Å². The van der Waals surface area contributed by atoms with Crippen LogP contribution in [0, 0.1) is 5.82 Å². The summed E-state index contributed by atoms with van der Waals surface area (Å²) < 4.78 is 12.9. The highest BCUT2D eigenvalue weighted by Gasteiger charge is 2.14. The lowest BCUT2D eigenvalue weighted by atomic mass is 10.1. The summed E-state index contributed by atoms with van der Waals surface area (Å²) in [6, 6.07) is 5.14. The van der Waals surface area contributed by atoms with Crippen LogP contribution in [0.4, 0.5) is 4.39 Å². The van der Waals surface area contributed by atoms with Gasteiger partial charge in [-0.05, 0) is 6.07 Å². The molecule has 1 aromatic carbocycles. The van der Waals surface area contributed by atoms with Gasteiger partial charge < -0.3 is 5.11 Å². The normalized spacial score (nSPS) is 9.00. The van der Waals surface area contributed by atoms with E-state index in [-0.39, 0.29) is 5.56 Å². The van der Waals surface area contributed by atoms with Gasteiger partial charge in [0.05, 0.1) is 0 Å². The van der Waals surface area contributed by atoms with Crippen LogP contribution < -0.4 is 0 Å². The Labute approximate surface area is 73.1 Å². The van der Waals surface area contributed by atoms with Gasteiger partial charge in [0, 0.05) is 5.56 Å². The second-order valence-electron chi connectivity index (χ2n) is 2.26. The van der Waals surface area contributed by atoms with E-state index in [0.717, 1.165) is 6.07 Å². The van der Waals surface area contributed by atoms with E-state index in [4.69, 9.17) is 5.11 Å². The molecule has 0 aliphatic carbocycles. The highest BCUT2D eigenvalue weighted by atomic mass is 19.1. The number of carboxylic acids is 1. The fraction of sp³-hybridized carbons (Fsp3) is 0. The lowest BCUT2D eigenvalue weighted by Crippen LogP contribution is -2.02. The van der Waals surface area contributed by atoms with Crippen LogP contribution in [0.15, 0.2) is 24.3 Å². The molecule has 1 N–H and O–H groups in total. The minimum Gasteiger partial charge on any atom is -0.477 e. The topological polar surface area (TPSA) is 54.4 Å². The fourth-order valence-electron chi connectivity index (χ4n) is 0.878. The molecule has 13 heavy (non-hydrogen) atoms. The molecule has 0 atom stereocenters. The summed E-state index contributed by atoms with van der Waals surface area (Å²) in [7, 11) is 0. The molecular formula is C9H5FO3. The molecule has 0 heterocycles. The van der Waals surface area contributed by atoms with Crippen molar-refractivity contribution in [2.75, 3.05) is 0 Å². The van der Waals surface area contributed by atoms with Crippen LogP contribution in [0.5, 0.6) is 0 Å². The lowest BCUT2D eigenvalue weighted by Gasteiger charge is -1.98. The highest BCUT2D eigenvalue weighted by molar-refractivity contribution is 6.24. The minimum absolute atomic E-state index is 0.245. The predicted molar refractivity (Wildman–Crippen MR) is 43.1 cm³/mol. The quantitative estimate of drug-likeness (QED) is 0.548. The Balaban J connectivity index is 3.29. The van der Waals surface area contributed by atoms with E-state index < -0.39 is 17.4 Å². The van der Waals surface area contributed by atoms with Crippen molar-refractivity contribution in [3.8, 4) is 0 Å². The standard InChI is InChI=1S/C9H5FO3/c10-8-4-2-1-3-6(8)7(5-11)9(12)13/h1-4H,(H,12,13). The van der Waals surface area contributed by atoms with E-state index in [0.29, 0.717) is 0 Å². The Morgan fingerprint density at radius 3 is 2.46 bits per heavy atom. The van der Waals surface area contributed by atoms with Crippen LogP contribution in [0.2, 0.25) is 0 Å². The first-order valence-corrected chi connectivity index (χ1v) is 3.40. The van der Waals surface area contributed by atoms with Crippen molar-refractivity contribution in [1.29, 1.82) is 0 Å². The molecule has 0 radical (unpaired) electrons. The van der Waals surface area contributed by atoms with Crippen LogP contribution in [0.25, 0.3) is 5.57 Å². The molecular weight excluding hydrogens is 175 g/mol. The van der Waals surface area contributed by atoms with Crippen LogP contribution in [0.3, 0.4) is 0 Å². The van der Waals surface area contributed by atoms with Gasteiger partial charge in [-0.2, -0.15) is 0 Å². The van der Waals surface area contributed by atoms with Crippen molar-refractivity contribution in [3.63, 3.8) is 0 Å². The van der Waals surface area contributed by atoms with E-state index in [1.807, 2.05) is 0 Å². The van der Waals surface area contributed by atoms with Gasteiger partial charge in [0.1, 0.15) is 11.8 Å². The second-order valence-corrected chi connectivity index (χ2v) is 2.26. The third-order valence-electron chi connectivity index (χ3n) is 1.46. The average molecular weight is 180 g/mol. The summed E-state index contributed by atoms with van der Waals surface area (Å²) in [6.07, 6.45) is 0. The first-order chi connectivity index (χ1) is 6.16. The number of carbonyl (C=O) groups is 1. The van der Waals surface area contributed by atoms with Crippen molar-refractivity contribution in [2.24, 2.45) is 0 Å². The molecule has 0 aliphatic rings. The Hall–Kier alpha value is -1.93. The van der Waals surface area contributed by atoms with Gasteiger partial charge >= 0.3 is 5.97 Å². The molecule has 0 spiro atoms. The summed E-state index contributed by atoms with van der Waals surface area (Å²) in [5.74, 6) is -1.05. The van der Waals surface area contributed by atoms with Crippen molar-refractivity contribution in [2.45, 2.75) is 0 Å². The van der Waals surface area contributed by atoms with Crippen LogP contribution in [0.1, 0.15) is 5.56 Å². The average Bonchev–Trinajstić information content (AvgIpc) is 2.09. The summed E-state index contributed by atoms with van der Waals surface area (Å²) in [5, 5.41) is 8.48. The van der Waals surface area contributed by atoms with Crippen LogP contribution in [-0.2, 0) is 9.59 Å². The largest absolute Gasteiger partial charge is 0.477 e. The molecule has 0 bridgehead atoms. The van der Waals surface area contributed by atoms with E-state index in [1.165, 1.54) is 24.1 Å². The van der Waals surface area contributed by atoms with E-state index in [2.05, 4.69) is 0 Å². The number of aliphatic carboxylic acids is 1. The van der Waals surface area contributed by atoms with E-state index in [1.54, 1.807) is 0 Å². The monoisotopic (exact) mass is 180 g/mol. The number of carbonyl (C=O) groups excluding carboxylic acids is 1. The number of hydrogen-bond acceptors (Lipinski definition) is 2. The van der Waals surface area contributed by atoms with Crippen LogP contribution in [-0.4, -0.2) is 17.0 Å². The number of carboxylic acid groups (broad SMARTS) is 1. The Morgan fingerprint density at radius 1 is 1.38 bits per heavy atom. The molecule has 1 aromatic rings. The smallest absolute Gasteiger partial charge is 0.347 e. The van der Waals surface area contributed by atoms with Gasteiger partial charge in [-0.15, -0.1) is 0 Å². The molecule has 0 aliphatic heterocycles. The molecule has 0 saturated heterocycles. The first-order valence-electron chi connectivity index (χ1n) is 3.40. The first kappa shape index (κ1) is 9.16. The molecule has 0 amide bonds. The summed E-state index contributed by atoms with van der Waals surface area (Å²) in [5.41, 5.74) is -0.942. The lowest BCUT2D eigenvalue weighted by molar-refractivity contribution is -0.130. The van der Waals surface area contributed by atoms with Crippen LogP contribution >= 0.6 is 0 Å². The predicted octanol–water partition coefficient (Wildman–Crippen LogP) is 1.13. The maximum absolute atomic E-state index is 12.9. The third-order valence-corrected chi connectivity index (χ3v) is 1.46. The molecule has 0 fully saturated rings. The SMILES string of the molecule is O=C=C(C(=O)O)c1ccccc1F. The Bertz CT molecular complexity index is 392. The zero-order chi connectivity index (χ0) is 9.84. The maximum Gasteiger partial charge on any atom is 0.347 e. The Morgan fingerprint density at radius 2 is 2.00 bits per heavy atom. The Kier molecular flexibility index (Phi) is 2.57. The number of benzene rings is 1. The van der Waals surface area contributed by atoms with Crippen molar-refractivity contribution in [3.05, 3.63) is 35.6 Å². The van der Waals surface area contributed by atoms with Gasteiger partial charge in [0.2, 0.25) is 0 Å². The fourth-order valence-corrected chi connectivity index (χ4v) is 0.878. The number of rotatable bonds is 2. The van der Waals surface area contributed by atoms with Crippen molar-refractivity contribution in [1.82, 2.24) is 0 Å². The molecule has 0 unspecified atom stereocenters. The summed E-state index contributed by atoms with van der Waals surface area (Å²) in [4.78, 5) is 20.6. The third kappa shape index (κ3) is 1.80. The molecule has 4 heteroatoms. The molecule has 3 nitrogen and oxygen atoms in total. The number of hydrogen-bond donors (Lipinski definition) is 1. The van der Waals surface area contributed by atoms with Crippen molar-refractivity contribution < 1.29 is 19.1 Å². The van der Waals surface area contributed by atoms with Gasteiger partial charge in [0.25, 0.3) is 0 Å². The molecule has 1 rings (SSSR count). The summed E-state index contributed by atoms with van der Waals surface area (Å²) >= 11 is 0. The van der Waals surface area contributed by atoms with E-state index >= 15 is 0 Å². The molecule has 66 valence electrons. The van der Waals surface area contributed by atoms with Gasteiger partial charge in [-0.3, -0.25) is 0 Å². The molecule has 0 aromatic heterocycles. The second kappa shape index (κ2) is 3.65. The highest BCUT2D eigenvalue weighted by Crippen LogP contribution is 2.15. The van der Waals surface area contributed by atoms with Gasteiger partial charge in [-0.25, -0.2) is 14.0 Å². The van der Waals surface area contributed by atoms with Crippen molar-refractivity contribution >= 4 is 17.5 Å². The molecule has 0 saturated carbocycles. The zero-order valence-electron chi connectivity index (χ0n) is 6.45. The maximum atomic E-state index is 12.9. The van der Waals surface area contributed by atoms with E-state index in [9.17, 15) is 14.0 Å².